The molecule has 2 fully saturated rings. The number of nitrogens with zero attached hydrogens (tertiary/aromatic N) is 3. The van der Waals surface area contributed by atoms with Gasteiger partial charge in [0.05, 0.1) is 22.9 Å². The molecule has 3 aromatic rings. The minimum atomic E-state index is -1.20. The van der Waals surface area contributed by atoms with Crippen molar-refractivity contribution in [3.63, 3.8) is 0 Å². The lowest BCUT2D eigenvalue weighted by Gasteiger charge is -2.27. The molecule has 3 amide bonds. The minimum absolute atomic E-state index is 0.0840. The highest BCUT2D eigenvalue weighted by Crippen LogP contribution is 2.37. The van der Waals surface area contributed by atoms with Crippen molar-refractivity contribution in [2.45, 2.75) is 31.3 Å². The van der Waals surface area contributed by atoms with Crippen molar-refractivity contribution in [3.8, 4) is 0 Å². The summed E-state index contributed by atoms with van der Waals surface area (Å²) in [6.07, 6.45) is 1.93. The van der Waals surface area contributed by atoms with E-state index in [4.69, 9.17) is 4.98 Å². The summed E-state index contributed by atoms with van der Waals surface area (Å²) < 4.78 is 14.4. The van der Waals surface area contributed by atoms with Crippen molar-refractivity contribution in [1.29, 1.82) is 0 Å². The zero-order chi connectivity index (χ0) is 20.9. The van der Waals surface area contributed by atoms with Gasteiger partial charge in [-0.1, -0.05) is 24.3 Å². The van der Waals surface area contributed by atoms with Gasteiger partial charge in [-0.25, -0.2) is 19.1 Å². The van der Waals surface area contributed by atoms with Crippen LogP contribution in [-0.4, -0.2) is 39.9 Å². The molecule has 2 aromatic carbocycles. The van der Waals surface area contributed by atoms with E-state index in [1.54, 1.807) is 18.3 Å². The zero-order valence-corrected chi connectivity index (χ0v) is 17.3. The molecule has 2 aliphatic heterocycles. The molecule has 8 heteroatoms. The predicted molar refractivity (Wildman–Crippen MR) is 112 cm³/mol. The van der Waals surface area contributed by atoms with Gasteiger partial charge in [0.25, 0.3) is 5.91 Å². The standard InChI is InChI=1S/C22H21FN4O2S/c1-22(14-8-10-15(23)11-9-14)20(28)27(21(29)25-22)13-26-12-4-6-17(26)19-24-16-5-2-3-7-18(16)30-19/h2-3,5,7-11,17H,4,6,12-13H2,1H3,(H,25,29). The Hall–Kier alpha value is -2.84. The highest BCUT2D eigenvalue weighted by atomic mass is 32.1. The fourth-order valence-electron chi connectivity index (χ4n) is 4.29. The highest BCUT2D eigenvalue weighted by Gasteiger charge is 2.50. The molecule has 2 atom stereocenters. The number of imide groups is 1. The number of para-hydroxylation sites is 1. The van der Waals surface area contributed by atoms with Crippen molar-refractivity contribution in [1.82, 2.24) is 20.1 Å². The third-order valence-corrected chi connectivity index (χ3v) is 7.12. The number of amides is 3. The van der Waals surface area contributed by atoms with Crippen LogP contribution >= 0.6 is 11.3 Å². The third kappa shape index (κ3) is 3.07. The molecule has 0 radical (unpaired) electrons. The van der Waals surface area contributed by atoms with E-state index in [1.807, 2.05) is 18.2 Å². The Balaban J connectivity index is 1.38. The van der Waals surface area contributed by atoms with Crippen LogP contribution in [0, 0.1) is 5.82 Å². The molecule has 2 aliphatic rings. The van der Waals surface area contributed by atoms with Gasteiger partial charge >= 0.3 is 6.03 Å². The molecule has 0 aliphatic carbocycles. The van der Waals surface area contributed by atoms with E-state index in [9.17, 15) is 14.0 Å². The molecule has 0 bridgehead atoms. The Morgan fingerprint density at radius 1 is 1.20 bits per heavy atom. The second-order valence-corrected chi connectivity index (χ2v) is 8.99. The van der Waals surface area contributed by atoms with E-state index in [-0.39, 0.29) is 24.4 Å². The number of carbonyl (C=O) groups excluding carboxylic acids is 2. The Kier molecular flexibility index (Phi) is 4.56. The fourth-order valence-corrected chi connectivity index (χ4v) is 5.43. The molecule has 3 heterocycles. The molecule has 154 valence electrons. The van der Waals surface area contributed by atoms with Crippen LogP contribution in [0.4, 0.5) is 9.18 Å². The second kappa shape index (κ2) is 7.14. The summed E-state index contributed by atoms with van der Waals surface area (Å²) in [7, 11) is 0. The summed E-state index contributed by atoms with van der Waals surface area (Å²) in [5, 5.41) is 3.81. The second-order valence-electron chi connectivity index (χ2n) is 7.93. The number of thiazole rings is 1. The van der Waals surface area contributed by atoms with Crippen LogP contribution in [0.2, 0.25) is 0 Å². The summed E-state index contributed by atoms with van der Waals surface area (Å²) in [6.45, 7) is 2.67. The van der Waals surface area contributed by atoms with Crippen molar-refractivity contribution in [3.05, 3.63) is 64.9 Å². The summed E-state index contributed by atoms with van der Waals surface area (Å²) >= 11 is 1.66. The molecule has 0 saturated carbocycles. The van der Waals surface area contributed by atoms with Gasteiger partial charge in [0.2, 0.25) is 0 Å². The van der Waals surface area contributed by atoms with E-state index in [0.29, 0.717) is 5.56 Å². The van der Waals surface area contributed by atoms with Gasteiger partial charge in [0, 0.05) is 6.54 Å². The largest absolute Gasteiger partial charge is 0.326 e. The van der Waals surface area contributed by atoms with Gasteiger partial charge in [0.1, 0.15) is 16.4 Å². The first kappa shape index (κ1) is 19.1. The van der Waals surface area contributed by atoms with E-state index in [1.165, 1.54) is 29.2 Å². The quantitative estimate of drug-likeness (QED) is 0.643. The number of hydrogen-bond acceptors (Lipinski definition) is 5. The number of likely N-dealkylation sites (tertiary alicyclic amines) is 1. The number of hydrogen-bond donors (Lipinski definition) is 1. The average Bonchev–Trinajstić information content (AvgIpc) is 3.42. The normalized spacial score (nSPS) is 24.7. The first-order valence-electron chi connectivity index (χ1n) is 9.95. The number of nitrogens with one attached hydrogen (secondary N) is 1. The molecule has 5 rings (SSSR count). The van der Waals surface area contributed by atoms with Crippen molar-refractivity contribution < 1.29 is 14.0 Å². The molecule has 2 saturated heterocycles. The lowest BCUT2D eigenvalue weighted by atomic mass is 9.92. The molecule has 2 unspecified atom stereocenters. The topological polar surface area (TPSA) is 65.5 Å². The first-order chi connectivity index (χ1) is 14.5. The molecular weight excluding hydrogens is 403 g/mol. The number of aromatic nitrogens is 1. The Bertz CT molecular complexity index is 1100. The smallest absolute Gasteiger partial charge is 0.319 e. The minimum Gasteiger partial charge on any atom is -0.319 e. The number of fused-ring (bicyclic) bond motifs is 1. The Morgan fingerprint density at radius 2 is 1.97 bits per heavy atom. The maximum atomic E-state index is 13.3. The maximum Gasteiger partial charge on any atom is 0.326 e. The number of rotatable bonds is 4. The molecule has 6 nitrogen and oxygen atoms in total. The predicted octanol–water partition coefficient (Wildman–Crippen LogP) is 4.00. The van der Waals surface area contributed by atoms with Crippen LogP contribution in [0.15, 0.2) is 48.5 Å². The molecular formula is C22H21FN4O2S. The lowest BCUT2D eigenvalue weighted by Crippen LogP contribution is -2.43. The highest BCUT2D eigenvalue weighted by molar-refractivity contribution is 7.18. The van der Waals surface area contributed by atoms with E-state index in [2.05, 4.69) is 16.3 Å². The van der Waals surface area contributed by atoms with Gasteiger partial charge in [-0.3, -0.25) is 9.69 Å². The molecule has 30 heavy (non-hydrogen) atoms. The number of benzene rings is 2. The van der Waals surface area contributed by atoms with E-state index >= 15 is 0 Å². The van der Waals surface area contributed by atoms with Crippen LogP contribution in [0.5, 0.6) is 0 Å². The van der Waals surface area contributed by atoms with Crippen molar-refractivity contribution >= 4 is 33.5 Å². The van der Waals surface area contributed by atoms with Crippen LogP contribution < -0.4 is 5.32 Å². The molecule has 1 aromatic heterocycles. The van der Waals surface area contributed by atoms with Crippen LogP contribution in [0.25, 0.3) is 10.2 Å². The van der Waals surface area contributed by atoms with E-state index < -0.39 is 11.6 Å². The number of carbonyl (C=O) groups is 2. The number of urea groups is 1. The van der Waals surface area contributed by atoms with Crippen LogP contribution in [0.3, 0.4) is 0 Å². The van der Waals surface area contributed by atoms with Gasteiger partial charge < -0.3 is 5.32 Å². The summed E-state index contributed by atoms with van der Waals surface area (Å²) in [4.78, 5) is 34.1. The monoisotopic (exact) mass is 424 g/mol. The van der Waals surface area contributed by atoms with Crippen LogP contribution in [0.1, 0.15) is 36.4 Å². The lowest BCUT2D eigenvalue weighted by molar-refractivity contribution is -0.132. The van der Waals surface area contributed by atoms with Gasteiger partial charge in [0.15, 0.2) is 0 Å². The van der Waals surface area contributed by atoms with Gasteiger partial charge in [-0.15, -0.1) is 11.3 Å². The van der Waals surface area contributed by atoms with Crippen molar-refractivity contribution in [2.24, 2.45) is 0 Å². The molecule has 1 N–H and O–H groups in total. The van der Waals surface area contributed by atoms with Gasteiger partial charge in [-0.05, 0) is 49.6 Å². The van der Waals surface area contributed by atoms with Crippen molar-refractivity contribution in [2.75, 3.05) is 13.2 Å². The third-order valence-electron chi connectivity index (χ3n) is 5.98. The Morgan fingerprint density at radius 3 is 2.73 bits per heavy atom. The Labute approximate surface area is 177 Å². The van der Waals surface area contributed by atoms with E-state index in [0.717, 1.165) is 34.6 Å². The SMILES string of the molecule is CC1(c2ccc(F)cc2)NC(=O)N(CN2CCCC2c2nc3ccccc3s2)C1=O. The average molecular weight is 425 g/mol. The maximum absolute atomic E-state index is 13.3. The first-order valence-corrected chi connectivity index (χ1v) is 10.8. The fraction of sp³-hybridized carbons (Fsp3) is 0.318. The summed E-state index contributed by atoms with van der Waals surface area (Å²) in [5.41, 5.74) is 0.340. The summed E-state index contributed by atoms with van der Waals surface area (Å²) in [5.74, 6) is -0.708. The van der Waals surface area contributed by atoms with Gasteiger partial charge in [-0.2, -0.15) is 0 Å². The number of halogens is 1. The zero-order valence-electron chi connectivity index (χ0n) is 16.5. The van der Waals surface area contributed by atoms with Crippen LogP contribution in [-0.2, 0) is 10.3 Å². The molecule has 0 spiro atoms. The summed E-state index contributed by atoms with van der Waals surface area (Å²) in [6, 6.07) is 13.4.